The van der Waals surface area contributed by atoms with E-state index >= 15 is 0 Å². The number of nitrogens with zero attached hydrogens (tertiary/aromatic N) is 1. The topological polar surface area (TPSA) is 15.3 Å². The SMILES string of the molecule is CC(C)N1CCCCC1.CCC1CCNCC1. The van der Waals surface area contributed by atoms with Gasteiger partial charge in [0, 0.05) is 6.04 Å². The Morgan fingerprint density at radius 3 is 2.00 bits per heavy atom. The van der Waals surface area contributed by atoms with Crippen molar-refractivity contribution in [1.29, 1.82) is 0 Å². The average molecular weight is 240 g/mol. The molecule has 0 amide bonds. The molecule has 2 heterocycles. The van der Waals surface area contributed by atoms with Crippen molar-refractivity contribution in [2.45, 2.75) is 65.3 Å². The molecule has 2 fully saturated rings. The van der Waals surface area contributed by atoms with E-state index < -0.39 is 0 Å². The van der Waals surface area contributed by atoms with Crippen LogP contribution in [0.3, 0.4) is 0 Å². The summed E-state index contributed by atoms with van der Waals surface area (Å²) in [5.74, 6) is 1.02. The Morgan fingerprint density at radius 2 is 1.65 bits per heavy atom. The van der Waals surface area contributed by atoms with E-state index in [1.807, 2.05) is 0 Å². The fourth-order valence-corrected chi connectivity index (χ4v) is 2.72. The predicted molar refractivity (Wildman–Crippen MR) is 76.4 cm³/mol. The zero-order chi connectivity index (χ0) is 12.5. The molecule has 17 heavy (non-hydrogen) atoms. The van der Waals surface area contributed by atoms with E-state index in [1.54, 1.807) is 0 Å². The minimum Gasteiger partial charge on any atom is -0.317 e. The van der Waals surface area contributed by atoms with Gasteiger partial charge in [-0.25, -0.2) is 0 Å². The molecule has 0 aromatic rings. The van der Waals surface area contributed by atoms with Crippen molar-refractivity contribution >= 4 is 0 Å². The standard InChI is InChI=1S/C8H17N.C7H15N/c1-8(2)9-6-4-3-5-7-9;1-2-7-3-5-8-6-4-7/h8H,3-7H2,1-2H3;7-8H,2-6H2,1H3. The summed E-state index contributed by atoms with van der Waals surface area (Å²) in [6.07, 6.45) is 8.45. The molecule has 2 heteroatoms. The summed E-state index contributed by atoms with van der Waals surface area (Å²) >= 11 is 0. The van der Waals surface area contributed by atoms with Crippen LogP contribution >= 0.6 is 0 Å². The third-order valence-electron chi connectivity index (χ3n) is 4.16. The third-order valence-corrected chi connectivity index (χ3v) is 4.16. The molecule has 2 rings (SSSR count). The number of hydrogen-bond donors (Lipinski definition) is 1. The Hall–Kier alpha value is -0.0800. The number of likely N-dealkylation sites (tertiary alicyclic amines) is 1. The lowest BCUT2D eigenvalue weighted by Crippen LogP contribution is -2.35. The van der Waals surface area contributed by atoms with Crippen LogP contribution in [0.25, 0.3) is 0 Å². The van der Waals surface area contributed by atoms with Crippen LogP contribution in [0.1, 0.15) is 59.3 Å². The van der Waals surface area contributed by atoms with Gasteiger partial charge < -0.3 is 10.2 Å². The van der Waals surface area contributed by atoms with Crippen LogP contribution in [-0.2, 0) is 0 Å². The summed E-state index contributed by atoms with van der Waals surface area (Å²) in [7, 11) is 0. The van der Waals surface area contributed by atoms with Crippen molar-refractivity contribution < 1.29 is 0 Å². The number of hydrogen-bond acceptors (Lipinski definition) is 2. The Labute approximate surface area is 108 Å². The minimum absolute atomic E-state index is 0.769. The third kappa shape index (κ3) is 6.42. The monoisotopic (exact) mass is 240 g/mol. The van der Waals surface area contributed by atoms with E-state index in [2.05, 4.69) is 31.0 Å². The Bertz CT molecular complexity index is 168. The van der Waals surface area contributed by atoms with Gasteiger partial charge in [0.2, 0.25) is 0 Å². The molecule has 0 saturated carbocycles. The van der Waals surface area contributed by atoms with Gasteiger partial charge in [-0.3, -0.25) is 0 Å². The molecule has 2 saturated heterocycles. The molecule has 2 nitrogen and oxygen atoms in total. The second-order valence-electron chi connectivity index (χ2n) is 5.79. The van der Waals surface area contributed by atoms with Crippen LogP contribution in [-0.4, -0.2) is 37.1 Å². The summed E-state index contributed by atoms with van der Waals surface area (Å²) in [6.45, 7) is 12.0. The molecule has 102 valence electrons. The molecular formula is C15H32N2. The van der Waals surface area contributed by atoms with E-state index in [0.29, 0.717) is 0 Å². The Morgan fingerprint density at radius 1 is 1.06 bits per heavy atom. The van der Waals surface area contributed by atoms with Crippen LogP contribution in [0.2, 0.25) is 0 Å². The van der Waals surface area contributed by atoms with Gasteiger partial charge in [0.05, 0.1) is 0 Å². The van der Waals surface area contributed by atoms with Crippen molar-refractivity contribution in [3.63, 3.8) is 0 Å². The van der Waals surface area contributed by atoms with E-state index in [0.717, 1.165) is 12.0 Å². The number of rotatable bonds is 2. The van der Waals surface area contributed by atoms with Crippen molar-refractivity contribution in [2.24, 2.45) is 5.92 Å². The minimum atomic E-state index is 0.769. The van der Waals surface area contributed by atoms with Crippen molar-refractivity contribution in [3.8, 4) is 0 Å². The van der Waals surface area contributed by atoms with Gasteiger partial charge in [-0.15, -0.1) is 0 Å². The van der Waals surface area contributed by atoms with E-state index in [4.69, 9.17) is 0 Å². The van der Waals surface area contributed by atoms with Crippen molar-refractivity contribution in [3.05, 3.63) is 0 Å². The summed E-state index contributed by atoms with van der Waals surface area (Å²) in [5, 5.41) is 3.35. The molecule has 0 atom stereocenters. The molecule has 0 aromatic heterocycles. The highest BCUT2D eigenvalue weighted by Crippen LogP contribution is 2.14. The zero-order valence-electron chi connectivity index (χ0n) is 12.2. The fraction of sp³-hybridized carbons (Fsp3) is 1.00. The average Bonchev–Trinajstić information content (AvgIpc) is 2.41. The normalized spacial score (nSPS) is 23.3. The van der Waals surface area contributed by atoms with Gasteiger partial charge in [0.15, 0.2) is 0 Å². The van der Waals surface area contributed by atoms with Gasteiger partial charge in [0.25, 0.3) is 0 Å². The predicted octanol–water partition coefficient (Wildman–Crippen LogP) is 3.28. The molecule has 0 bridgehead atoms. The molecule has 1 N–H and O–H groups in total. The highest BCUT2D eigenvalue weighted by Gasteiger charge is 2.11. The summed E-state index contributed by atoms with van der Waals surface area (Å²) in [5.41, 5.74) is 0. The maximum Gasteiger partial charge on any atom is 0.00385 e. The first-order valence-corrected chi connectivity index (χ1v) is 7.68. The molecule has 0 aromatic carbocycles. The zero-order valence-corrected chi connectivity index (χ0v) is 12.2. The molecule has 0 aliphatic carbocycles. The van der Waals surface area contributed by atoms with Crippen molar-refractivity contribution in [1.82, 2.24) is 10.2 Å². The molecule has 0 radical (unpaired) electrons. The largest absolute Gasteiger partial charge is 0.317 e. The van der Waals surface area contributed by atoms with E-state index in [1.165, 1.54) is 64.7 Å². The maximum absolute atomic E-state index is 3.35. The summed E-state index contributed by atoms with van der Waals surface area (Å²) in [6, 6.07) is 0.769. The lowest BCUT2D eigenvalue weighted by molar-refractivity contribution is 0.185. The molecule has 0 unspecified atom stereocenters. The Kier molecular flexibility index (Phi) is 7.87. The highest BCUT2D eigenvalue weighted by atomic mass is 15.1. The molecule has 0 spiro atoms. The first-order valence-electron chi connectivity index (χ1n) is 7.68. The van der Waals surface area contributed by atoms with E-state index in [9.17, 15) is 0 Å². The number of nitrogens with one attached hydrogen (secondary N) is 1. The van der Waals surface area contributed by atoms with Crippen LogP contribution in [0.4, 0.5) is 0 Å². The van der Waals surface area contributed by atoms with Crippen LogP contribution in [0.5, 0.6) is 0 Å². The van der Waals surface area contributed by atoms with Crippen LogP contribution in [0.15, 0.2) is 0 Å². The highest BCUT2D eigenvalue weighted by molar-refractivity contribution is 4.67. The lowest BCUT2D eigenvalue weighted by Gasteiger charge is -2.29. The smallest absolute Gasteiger partial charge is 0.00385 e. The fourth-order valence-electron chi connectivity index (χ4n) is 2.72. The second-order valence-corrected chi connectivity index (χ2v) is 5.79. The quantitative estimate of drug-likeness (QED) is 0.797. The first kappa shape index (κ1) is 15.0. The van der Waals surface area contributed by atoms with Crippen LogP contribution < -0.4 is 5.32 Å². The molecular weight excluding hydrogens is 208 g/mol. The second kappa shape index (κ2) is 8.93. The van der Waals surface area contributed by atoms with Crippen LogP contribution in [0, 0.1) is 5.92 Å². The number of piperidine rings is 2. The summed E-state index contributed by atoms with van der Waals surface area (Å²) < 4.78 is 0. The molecule has 2 aliphatic rings. The van der Waals surface area contributed by atoms with Gasteiger partial charge in [-0.2, -0.15) is 0 Å². The summed E-state index contributed by atoms with van der Waals surface area (Å²) in [4.78, 5) is 2.56. The van der Waals surface area contributed by atoms with E-state index in [-0.39, 0.29) is 0 Å². The first-order chi connectivity index (χ1) is 8.24. The molecule has 2 aliphatic heterocycles. The van der Waals surface area contributed by atoms with Crippen molar-refractivity contribution in [2.75, 3.05) is 26.2 Å². The lowest BCUT2D eigenvalue weighted by atomic mass is 9.96. The van der Waals surface area contributed by atoms with Gasteiger partial charge in [-0.1, -0.05) is 19.8 Å². The Balaban J connectivity index is 0.000000171. The maximum atomic E-state index is 3.35. The van der Waals surface area contributed by atoms with Gasteiger partial charge >= 0.3 is 0 Å². The van der Waals surface area contributed by atoms with Gasteiger partial charge in [0.1, 0.15) is 0 Å². The van der Waals surface area contributed by atoms with Gasteiger partial charge in [-0.05, 0) is 71.6 Å².